The van der Waals surface area contributed by atoms with Crippen molar-refractivity contribution in [2.45, 2.75) is 59.8 Å². The van der Waals surface area contributed by atoms with E-state index in [4.69, 9.17) is 0 Å². The van der Waals surface area contributed by atoms with E-state index < -0.39 is 5.92 Å². The van der Waals surface area contributed by atoms with Crippen molar-refractivity contribution in [1.29, 1.82) is 0 Å². The summed E-state index contributed by atoms with van der Waals surface area (Å²) < 4.78 is 0. The fraction of sp³-hybridized carbons (Fsp3) is 0.333. The highest BCUT2D eigenvalue weighted by molar-refractivity contribution is 6.23. The van der Waals surface area contributed by atoms with Gasteiger partial charge in [-0.2, -0.15) is 0 Å². The largest absolute Gasteiger partial charge is 0.272 e. The first kappa shape index (κ1) is 25.2. The van der Waals surface area contributed by atoms with Gasteiger partial charge in [0.1, 0.15) is 5.92 Å². The number of hydrazine groups is 1. The zero-order chi connectivity index (χ0) is 24.5. The maximum atomic E-state index is 13.4. The standard InChI is InChI=1S/C30H36N2O2/c1-23(2)13-11-14-24(3)15-12-16-25(4)21-22-28-29(33)31(26-17-7-5-8-18-26)32(30(28)34)27-19-9-6-10-20-27/h5-10,13,15,17-21,28H,11-12,14,16,22H2,1-4H3/b24-15-,25-21+. The summed E-state index contributed by atoms with van der Waals surface area (Å²) in [7, 11) is 0. The summed E-state index contributed by atoms with van der Waals surface area (Å²) in [6, 6.07) is 18.7. The van der Waals surface area contributed by atoms with Gasteiger partial charge in [0.05, 0.1) is 11.4 Å². The number of amides is 2. The lowest BCUT2D eigenvalue weighted by atomic mass is 10.0. The van der Waals surface area contributed by atoms with Gasteiger partial charge in [-0.3, -0.25) is 9.59 Å². The van der Waals surface area contributed by atoms with Gasteiger partial charge in [-0.1, -0.05) is 71.3 Å². The van der Waals surface area contributed by atoms with Crippen LogP contribution in [-0.2, 0) is 9.59 Å². The molecule has 0 aliphatic carbocycles. The summed E-state index contributed by atoms with van der Waals surface area (Å²) in [5, 5.41) is 3.04. The number of para-hydroxylation sites is 2. The van der Waals surface area contributed by atoms with Gasteiger partial charge in [-0.25, -0.2) is 10.0 Å². The van der Waals surface area contributed by atoms with Gasteiger partial charge in [0.2, 0.25) is 0 Å². The number of benzene rings is 2. The van der Waals surface area contributed by atoms with E-state index in [1.165, 1.54) is 26.7 Å². The molecule has 2 aromatic carbocycles. The summed E-state index contributed by atoms with van der Waals surface area (Å²) in [5.74, 6) is -1.07. The van der Waals surface area contributed by atoms with E-state index in [-0.39, 0.29) is 11.8 Å². The first-order valence-electron chi connectivity index (χ1n) is 12.1. The van der Waals surface area contributed by atoms with Crippen LogP contribution in [0.5, 0.6) is 0 Å². The molecule has 0 spiro atoms. The summed E-state index contributed by atoms with van der Waals surface area (Å²) >= 11 is 0. The van der Waals surface area contributed by atoms with Crippen molar-refractivity contribution in [3.05, 3.63) is 95.6 Å². The lowest BCUT2D eigenvalue weighted by Gasteiger charge is -2.27. The van der Waals surface area contributed by atoms with Crippen LogP contribution >= 0.6 is 0 Å². The monoisotopic (exact) mass is 456 g/mol. The molecule has 0 atom stereocenters. The molecule has 0 saturated carbocycles. The zero-order valence-electron chi connectivity index (χ0n) is 20.8. The topological polar surface area (TPSA) is 40.6 Å². The van der Waals surface area contributed by atoms with Crippen molar-refractivity contribution >= 4 is 23.2 Å². The van der Waals surface area contributed by atoms with Crippen LogP contribution in [0.4, 0.5) is 11.4 Å². The van der Waals surface area contributed by atoms with Gasteiger partial charge in [0, 0.05) is 0 Å². The van der Waals surface area contributed by atoms with Crippen LogP contribution < -0.4 is 10.0 Å². The second-order valence-corrected chi connectivity index (χ2v) is 9.22. The molecule has 0 unspecified atom stereocenters. The van der Waals surface area contributed by atoms with Crippen LogP contribution in [0.2, 0.25) is 0 Å². The molecule has 178 valence electrons. The van der Waals surface area contributed by atoms with E-state index in [9.17, 15) is 9.59 Å². The Morgan fingerprint density at radius 3 is 1.59 bits per heavy atom. The average molecular weight is 457 g/mol. The molecule has 0 bridgehead atoms. The molecule has 1 aliphatic rings. The summed E-state index contributed by atoms with van der Waals surface area (Å²) in [6.45, 7) is 8.53. The predicted molar refractivity (Wildman–Crippen MR) is 141 cm³/mol. The Hall–Kier alpha value is -3.40. The molecule has 3 rings (SSSR count). The zero-order valence-corrected chi connectivity index (χ0v) is 20.8. The van der Waals surface area contributed by atoms with Gasteiger partial charge < -0.3 is 0 Å². The lowest BCUT2D eigenvalue weighted by molar-refractivity contribution is -0.126. The number of carbonyl (C=O) groups is 2. The minimum absolute atomic E-state index is 0.181. The highest BCUT2D eigenvalue weighted by atomic mass is 16.2. The van der Waals surface area contributed by atoms with Crippen molar-refractivity contribution < 1.29 is 9.59 Å². The highest BCUT2D eigenvalue weighted by Gasteiger charge is 2.46. The van der Waals surface area contributed by atoms with Crippen LogP contribution in [0.15, 0.2) is 95.6 Å². The minimum Gasteiger partial charge on any atom is -0.272 e. The van der Waals surface area contributed by atoms with Gasteiger partial charge in [-0.15, -0.1) is 0 Å². The summed E-state index contributed by atoms with van der Waals surface area (Å²) in [5.41, 5.74) is 5.37. The Kier molecular flexibility index (Phi) is 9.03. The molecule has 0 aromatic heterocycles. The third kappa shape index (κ3) is 6.57. The normalized spacial score (nSPS) is 15.3. The number of carbonyl (C=O) groups excluding carboxylic acids is 2. The van der Waals surface area contributed by atoms with Crippen molar-refractivity contribution in [1.82, 2.24) is 0 Å². The molecule has 1 aliphatic heterocycles. The Bertz CT molecular complexity index is 1010. The van der Waals surface area contributed by atoms with Gasteiger partial charge in [-0.05, 0) is 84.1 Å². The van der Waals surface area contributed by atoms with E-state index in [1.807, 2.05) is 60.7 Å². The van der Waals surface area contributed by atoms with Crippen molar-refractivity contribution in [3.8, 4) is 0 Å². The van der Waals surface area contributed by atoms with Crippen LogP contribution in [-0.4, -0.2) is 11.8 Å². The SMILES string of the molecule is CC(C)=CCC/C(C)=C\CC/C(C)=C/CC1C(=O)N(c2ccccc2)N(c2ccccc2)C1=O. The number of nitrogens with zero attached hydrogens (tertiary/aromatic N) is 2. The Labute approximate surface area is 204 Å². The van der Waals surface area contributed by atoms with Gasteiger partial charge in [0.25, 0.3) is 11.8 Å². The van der Waals surface area contributed by atoms with E-state index in [0.29, 0.717) is 17.8 Å². The van der Waals surface area contributed by atoms with Gasteiger partial charge >= 0.3 is 0 Å². The second kappa shape index (κ2) is 12.2. The van der Waals surface area contributed by atoms with Crippen molar-refractivity contribution in [2.24, 2.45) is 5.92 Å². The molecule has 2 aromatic rings. The Morgan fingerprint density at radius 2 is 1.12 bits per heavy atom. The molecular weight excluding hydrogens is 420 g/mol. The molecule has 4 heteroatoms. The Morgan fingerprint density at radius 1 is 0.676 bits per heavy atom. The average Bonchev–Trinajstić information content (AvgIpc) is 3.08. The molecule has 2 amide bonds. The number of rotatable bonds is 10. The van der Waals surface area contributed by atoms with E-state index >= 15 is 0 Å². The van der Waals surface area contributed by atoms with Crippen LogP contribution in [0, 0.1) is 5.92 Å². The number of hydrogen-bond acceptors (Lipinski definition) is 2. The number of hydrogen-bond donors (Lipinski definition) is 0. The first-order chi connectivity index (χ1) is 16.4. The first-order valence-corrected chi connectivity index (χ1v) is 12.1. The number of allylic oxidation sites excluding steroid dienone is 6. The van der Waals surface area contributed by atoms with Crippen molar-refractivity contribution in [2.75, 3.05) is 10.0 Å². The van der Waals surface area contributed by atoms with E-state index in [2.05, 4.69) is 45.9 Å². The Balaban J connectivity index is 1.68. The molecule has 0 radical (unpaired) electrons. The summed E-state index contributed by atoms with van der Waals surface area (Å²) in [6.07, 6.45) is 11.1. The predicted octanol–water partition coefficient (Wildman–Crippen LogP) is 7.41. The molecule has 1 fully saturated rings. The van der Waals surface area contributed by atoms with Crippen LogP contribution in [0.1, 0.15) is 59.8 Å². The maximum Gasteiger partial charge on any atom is 0.259 e. The van der Waals surface area contributed by atoms with E-state index in [1.54, 1.807) is 0 Å². The maximum absolute atomic E-state index is 13.4. The minimum atomic E-state index is -0.711. The summed E-state index contributed by atoms with van der Waals surface area (Å²) in [4.78, 5) is 26.8. The molecular formula is C30H36N2O2. The van der Waals surface area contributed by atoms with Crippen molar-refractivity contribution in [3.63, 3.8) is 0 Å². The molecule has 0 N–H and O–H groups in total. The number of anilines is 2. The van der Waals surface area contributed by atoms with Crippen LogP contribution in [0.25, 0.3) is 0 Å². The molecule has 4 nitrogen and oxygen atoms in total. The smallest absolute Gasteiger partial charge is 0.259 e. The van der Waals surface area contributed by atoms with Gasteiger partial charge in [0.15, 0.2) is 0 Å². The second-order valence-electron chi connectivity index (χ2n) is 9.22. The molecule has 34 heavy (non-hydrogen) atoms. The quantitative estimate of drug-likeness (QED) is 0.276. The molecule has 1 saturated heterocycles. The fourth-order valence-electron chi connectivity index (χ4n) is 4.08. The highest BCUT2D eigenvalue weighted by Crippen LogP contribution is 2.33. The lowest BCUT2D eigenvalue weighted by Crippen LogP contribution is -2.41. The third-order valence-electron chi connectivity index (χ3n) is 6.04. The van der Waals surface area contributed by atoms with Crippen LogP contribution in [0.3, 0.4) is 0 Å². The van der Waals surface area contributed by atoms with E-state index in [0.717, 1.165) is 25.7 Å². The molecule has 1 heterocycles. The third-order valence-corrected chi connectivity index (χ3v) is 6.04. The fourth-order valence-corrected chi connectivity index (χ4v) is 4.08.